The van der Waals surface area contributed by atoms with Gasteiger partial charge >= 0.3 is 5.97 Å². The fourth-order valence-corrected chi connectivity index (χ4v) is 1.41. The van der Waals surface area contributed by atoms with E-state index in [0.29, 0.717) is 12.2 Å². The lowest BCUT2D eigenvalue weighted by molar-refractivity contribution is 0.0697. The number of nitrogens with two attached hydrogens (primary N) is 1. The highest BCUT2D eigenvalue weighted by Gasteiger charge is 2.05. The molecule has 1 heterocycles. The fourth-order valence-electron chi connectivity index (χ4n) is 1.41. The van der Waals surface area contributed by atoms with Crippen molar-refractivity contribution in [1.29, 1.82) is 0 Å². The first-order valence-corrected chi connectivity index (χ1v) is 6.88. The van der Waals surface area contributed by atoms with E-state index in [4.69, 9.17) is 15.7 Å². The second-order valence-electron chi connectivity index (χ2n) is 4.40. The van der Waals surface area contributed by atoms with E-state index < -0.39 is 5.97 Å². The molecule has 0 aliphatic carbocycles. The van der Waals surface area contributed by atoms with Crippen LogP contribution in [-0.4, -0.2) is 33.4 Å². The number of benzene rings is 1. The minimum Gasteiger partial charge on any atom is -0.478 e. The number of aryl methyl sites for hydroxylation is 1. The van der Waals surface area contributed by atoms with Gasteiger partial charge in [-0.3, -0.25) is 4.63 Å². The average molecular weight is 320 g/mol. The maximum atomic E-state index is 10.8. The number of carboxylic acids is 1. The van der Waals surface area contributed by atoms with Crippen LogP contribution in [0, 0.1) is 0 Å². The monoisotopic (exact) mass is 320 g/mol. The van der Waals surface area contributed by atoms with Crippen molar-refractivity contribution in [1.82, 2.24) is 9.90 Å². The summed E-state index contributed by atoms with van der Waals surface area (Å²) in [4.78, 5) is 15.8. The maximum absolute atomic E-state index is 10.8. The molecule has 2 aromatic rings. The third-order valence-corrected chi connectivity index (χ3v) is 2.57. The molecule has 0 amide bonds. The molecule has 124 valence electrons. The smallest absolute Gasteiger partial charge is 0.335 e. The average Bonchev–Trinajstić information content (AvgIpc) is 2.53. The number of rotatable bonds is 6. The van der Waals surface area contributed by atoms with Crippen LogP contribution < -0.4 is 5.73 Å². The molecule has 0 radical (unpaired) electrons. The molecule has 0 spiro atoms. The van der Waals surface area contributed by atoms with Crippen LogP contribution in [0.1, 0.15) is 29.3 Å². The number of aromatic carboxylic acids is 1. The quantitative estimate of drug-likeness (QED) is 0.276. The Balaban J connectivity index is 0.000000446. The highest BCUT2D eigenvalue weighted by atomic mass is 16.6. The Morgan fingerprint density at radius 3 is 2.70 bits per heavy atom. The van der Waals surface area contributed by atoms with Gasteiger partial charge in [0.25, 0.3) is 0 Å². The van der Waals surface area contributed by atoms with Crippen LogP contribution in [0.2, 0.25) is 0 Å². The molecule has 0 unspecified atom stereocenters. The zero-order chi connectivity index (χ0) is 17.1. The minimum absolute atomic E-state index is 0.165. The van der Waals surface area contributed by atoms with Gasteiger partial charge in [-0.25, -0.2) is 4.79 Å². The molecule has 8 heteroatoms. The minimum atomic E-state index is -1.00. The van der Waals surface area contributed by atoms with Crippen molar-refractivity contribution in [2.24, 2.45) is 17.9 Å². The van der Waals surface area contributed by atoms with Crippen molar-refractivity contribution < 1.29 is 19.4 Å². The summed E-state index contributed by atoms with van der Waals surface area (Å²) >= 11 is 0. The van der Waals surface area contributed by atoms with Gasteiger partial charge in [0.05, 0.1) is 5.56 Å². The van der Waals surface area contributed by atoms with E-state index >= 15 is 0 Å². The number of nitrogens with zero attached hydrogens (tertiary/aromatic N) is 3. The summed E-state index contributed by atoms with van der Waals surface area (Å²) in [6.45, 7) is 2.36. The van der Waals surface area contributed by atoms with Crippen LogP contribution in [0.15, 0.2) is 52.5 Å². The van der Waals surface area contributed by atoms with Crippen LogP contribution in [-0.2, 0) is 11.9 Å². The molecule has 3 N–H and O–H groups in total. The van der Waals surface area contributed by atoms with Crippen molar-refractivity contribution >= 4 is 11.8 Å². The lowest BCUT2D eigenvalue weighted by atomic mass is 10.1. The molecular formula is C15H20N4O4. The largest absolute Gasteiger partial charge is 0.478 e. The highest BCUT2D eigenvalue weighted by molar-refractivity contribution is 5.99. The van der Waals surface area contributed by atoms with Crippen LogP contribution in [0.25, 0.3) is 0 Å². The molecule has 1 aromatic heterocycles. The van der Waals surface area contributed by atoms with Crippen molar-refractivity contribution in [3.05, 3.63) is 53.9 Å². The third-order valence-electron chi connectivity index (χ3n) is 2.57. The lowest BCUT2D eigenvalue weighted by Crippen LogP contribution is -2.14. The molecule has 23 heavy (non-hydrogen) atoms. The van der Waals surface area contributed by atoms with Crippen LogP contribution in [0.5, 0.6) is 0 Å². The number of oxime groups is 1. The molecule has 0 saturated carbocycles. The van der Waals surface area contributed by atoms with Gasteiger partial charge in [-0.2, -0.15) is 4.74 Å². The Hall–Kier alpha value is -3.03. The Bertz CT molecular complexity index is 649. The number of hydrogen-bond donors (Lipinski definition) is 2. The van der Waals surface area contributed by atoms with Gasteiger partial charge < -0.3 is 15.7 Å². The SMILES string of the molecule is C/C=C\CCO/N=C(\N)c1cccc(C(=O)O)c1.Cn1cno1. The molecule has 1 aromatic carbocycles. The number of amidine groups is 1. The molecule has 0 atom stereocenters. The summed E-state index contributed by atoms with van der Waals surface area (Å²) in [6.07, 6.45) is 6.21. The predicted molar refractivity (Wildman–Crippen MR) is 85.0 cm³/mol. The Labute approximate surface area is 133 Å². The third kappa shape index (κ3) is 6.98. The van der Waals surface area contributed by atoms with Crippen molar-refractivity contribution in [2.75, 3.05) is 6.61 Å². The van der Waals surface area contributed by atoms with Gasteiger partial charge in [-0.15, -0.1) is 0 Å². The Morgan fingerprint density at radius 2 is 2.17 bits per heavy atom. The number of aromatic nitrogens is 2. The molecular weight excluding hydrogens is 300 g/mol. The first-order chi connectivity index (χ1) is 11.0. The second-order valence-corrected chi connectivity index (χ2v) is 4.40. The van der Waals surface area contributed by atoms with E-state index in [1.165, 1.54) is 16.9 Å². The predicted octanol–water partition coefficient (Wildman–Crippen LogP) is 2.00. The van der Waals surface area contributed by atoms with E-state index in [2.05, 4.69) is 14.9 Å². The molecule has 0 bridgehead atoms. The van der Waals surface area contributed by atoms with Crippen LogP contribution >= 0.6 is 0 Å². The summed E-state index contributed by atoms with van der Waals surface area (Å²) in [5, 5.41) is 15.9. The molecule has 2 rings (SSSR count). The zero-order valence-corrected chi connectivity index (χ0v) is 13.0. The molecule has 8 nitrogen and oxygen atoms in total. The van der Waals surface area contributed by atoms with Gasteiger partial charge in [-0.1, -0.05) is 29.4 Å². The summed E-state index contributed by atoms with van der Waals surface area (Å²) in [5.41, 5.74) is 6.39. The first-order valence-electron chi connectivity index (χ1n) is 6.88. The second kappa shape index (κ2) is 9.82. The Kier molecular flexibility index (Phi) is 7.70. The normalized spacial score (nSPS) is 11.1. The van der Waals surface area contributed by atoms with E-state index in [1.807, 2.05) is 19.1 Å². The summed E-state index contributed by atoms with van der Waals surface area (Å²) in [7, 11) is 1.77. The number of carbonyl (C=O) groups is 1. The van der Waals surface area contributed by atoms with Gasteiger partial charge in [0, 0.05) is 19.0 Å². The van der Waals surface area contributed by atoms with Gasteiger partial charge in [0.15, 0.2) is 12.2 Å². The number of carboxylic acid groups (broad SMARTS) is 1. The van der Waals surface area contributed by atoms with E-state index in [0.717, 1.165) is 6.42 Å². The van der Waals surface area contributed by atoms with Gasteiger partial charge in [0.2, 0.25) is 0 Å². The van der Waals surface area contributed by atoms with Crippen LogP contribution in [0.3, 0.4) is 0 Å². The summed E-state index contributed by atoms with van der Waals surface area (Å²) in [6, 6.07) is 6.24. The molecule has 0 saturated heterocycles. The molecule has 0 fully saturated rings. The molecule has 0 aliphatic rings. The van der Waals surface area contributed by atoms with E-state index in [9.17, 15) is 4.79 Å². The summed E-state index contributed by atoms with van der Waals surface area (Å²) in [5.74, 6) is -0.836. The standard InChI is InChI=1S/C13H16N2O3.C2H4N2O/c1-2-3-4-8-18-15-12(14)10-6-5-7-11(9-10)13(16)17;1-4-2-3-5-4/h2-3,5-7,9H,4,8H2,1H3,(H2,14,15)(H,16,17);2H,1H3/b3-2-;. The van der Waals surface area contributed by atoms with Crippen molar-refractivity contribution in [2.45, 2.75) is 13.3 Å². The fraction of sp³-hybridized carbons (Fsp3) is 0.267. The summed E-state index contributed by atoms with van der Waals surface area (Å²) < 4.78 is 5.85. The lowest BCUT2D eigenvalue weighted by Gasteiger charge is -2.02. The van der Waals surface area contributed by atoms with E-state index in [-0.39, 0.29) is 11.4 Å². The Morgan fingerprint density at radius 1 is 1.52 bits per heavy atom. The highest BCUT2D eigenvalue weighted by Crippen LogP contribution is 2.05. The molecule has 0 aliphatic heterocycles. The number of allylic oxidation sites excluding steroid dienone is 1. The van der Waals surface area contributed by atoms with E-state index in [1.54, 1.807) is 25.5 Å². The van der Waals surface area contributed by atoms with Crippen LogP contribution in [0.4, 0.5) is 0 Å². The topological polar surface area (TPSA) is 116 Å². The zero-order valence-electron chi connectivity index (χ0n) is 13.0. The maximum Gasteiger partial charge on any atom is 0.335 e. The number of hydrogen-bond acceptors (Lipinski definition) is 5. The first kappa shape index (κ1) is 18.0. The van der Waals surface area contributed by atoms with Crippen molar-refractivity contribution in [3.63, 3.8) is 0 Å². The van der Waals surface area contributed by atoms with Gasteiger partial charge in [-0.05, 0) is 24.2 Å². The van der Waals surface area contributed by atoms with Crippen molar-refractivity contribution in [3.8, 4) is 0 Å². The van der Waals surface area contributed by atoms with Gasteiger partial charge in [0.1, 0.15) is 6.61 Å².